The summed E-state index contributed by atoms with van der Waals surface area (Å²) in [6, 6.07) is 22.6. The van der Waals surface area contributed by atoms with Gasteiger partial charge in [-0.15, -0.1) is 0 Å². The summed E-state index contributed by atoms with van der Waals surface area (Å²) in [4.78, 5) is 34.4. The van der Waals surface area contributed by atoms with E-state index in [1.54, 1.807) is 29.3 Å². The number of carbonyl (C=O) groups is 2. The first-order chi connectivity index (χ1) is 13.2. The molecule has 1 aromatic heterocycles. The average molecular weight is 355 g/mol. The van der Waals surface area contributed by atoms with Crippen LogP contribution >= 0.6 is 0 Å². The van der Waals surface area contributed by atoms with Gasteiger partial charge in [0.15, 0.2) is 5.66 Å². The van der Waals surface area contributed by atoms with Crippen molar-refractivity contribution < 1.29 is 9.59 Å². The van der Waals surface area contributed by atoms with Gasteiger partial charge in [-0.2, -0.15) is 0 Å². The number of amides is 2. The molecule has 1 unspecified atom stereocenters. The number of carbonyl (C=O) groups excluding carboxylic acids is 2. The van der Waals surface area contributed by atoms with E-state index in [0.29, 0.717) is 24.3 Å². The monoisotopic (exact) mass is 355 g/mol. The molecule has 2 amide bonds. The third-order valence-corrected chi connectivity index (χ3v) is 5.41. The van der Waals surface area contributed by atoms with E-state index < -0.39 is 5.66 Å². The molecule has 1 atom stereocenters. The fourth-order valence-corrected chi connectivity index (χ4v) is 4.34. The van der Waals surface area contributed by atoms with Gasteiger partial charge in [-0.05, 0) is 18.2 Å². The predicted octanol–water partition coefficient (Wildman–Crippen LogP) is 2.89. The van der Waals surface area contributed by atoms with Crippen LogP contribution in [0.1, 0.15) is 32.0 Å². The van der Waals surface area contributed by atoms with Crippen LogP contribution in [0, 0.1) is 0 Å². The van der Waals surface area contributed by atoms with Gasteiger partial charge in [0.05, 0.1) is 0 Å². The second-order valence-electron chi connectivity index (χ2n) is 6.71. The number of benzene rings is 2. The normalized spacial score (nSPS) is 20.5. The molecule has 1 fully saturated rings. The van der Waals surface area contributed by atoms with E-state index in [1.807, 2.05) is 59.5 Å². The van der Waals surface area contributed by atoms with Crippen molar-refractivity contribution in [2.24, 2.45) is 0 Å². The van der Waals surface area contributed by atoms with Gasteiger partial charge in [-0.1, -0.05) is 54.6 Å². The molecule has 0 spiro atoms. The summed E-state index contributed by atoms with van der Waals surface area (Å²) in [6.07, 6.45) is 1.62. The fourth-order valence-electron chi connectivity index (χ4n) is 4.34. The molecule has 3 aromatic rings. The second-order valence-corrected chi connectivity index (χ2v) is 6.71. The lowest BCUT2D eigenvalue weighted by atomic mass is 9.89. The highest BCUT2D eigenvalue weighted by molar-refractivity contribution is 6.03. The molecule has 2 aromatic carbocycles. The molecular formula is C22H17N3O2. The Bertz CT molecular complexity index is 1040. The summed E-state index contributed by atoms with van der Waals surface area (Å²) >= 11 is 0. The van der Waals surface area contributed by atoms with Crippen LogP contribution < -0.4 is 0 Å². The van der Waals surface area contributed by atoms with Crippen LogP contribution in [-0.2, 0) is 5.66 Å². The highest BCUT2D eigenvalue weighted by atomic mass is 16.2. The van der Waals surface area contributed by atoms with Crippen molar-refractivity contribution in [2.45, 2.75) is 5.66 Å². The second kappa shape index (κ2) is 5.77. The van der Waals surface area contributed by atoms with E-state index in [9.17, 15) is 9.59 Å². The SMILES string of the molecule is O=C(c1ccccn1)N1CCN2C(=O)c3ccccc3C12c1ccccc1. The van der Waals surface area contributed by atoms with Crippen LogP contribution in [0.2, 0.25) is 0 Å². The molecule has 132 valence electrons. The number of fused-ring (bicyclic) bond motifs is 3. The van der Waals surface area contributed by atoms with Gasteiger partial charge in [-0.3, -0.25) is 14.6 Å². The van der Waals surface area contributed by atoms with Crippen LogP contribution in [0.15, 0.2) is 79.0 Å². The van der Waals surface area contributed by atoms with Crippen molar-refractivity contribution in [1.29, 1.82) is 0 Å². The largest absolute Gasteiger partial charge is 0.306 e. The van der Waals surface area contributed by atoms with Crippen molar-refractivity contribution in [2.75, 3.05) is 13.1 Å². The van der Waals surface area contributed by atoms with E-state index in [-0.39, 0.29) is 11.8 Å². The fraction of sp³-hybridized carbons (Fsp3) is 0.136. The molecule has 3 heterocycles. The summed E-state index contributed by atoms with van der Waals surface area (Å²) in [5, 5.41) is 0. The van der Waals surface area contributed by atoms with Crippen LogP contribution in [0.25, 0.3) is 0 Å². The van der Waals surface area contributed by atoms with E-state index in [2.05, 4.69) is 4.98 Å². The predicted molar refractivity (Wildman–Crippen MR) is 100.0 cm³/mol. The van der Waals surface area contributed by atoms with Gasteiger partial charge in [-0.25, -0.2) is 0 Å². The Balaban J connectivity index is 1.77. The van der Waals surface area contributed by atoms with Crippen molar-refractivity contribution in [3.05, 3.63) is 101 Å². The Hall–Kier alpha value is -3.47. The summed E-state index contributed by atoms with van der Waals surface area (Å²) in [7, 11) is 0. The molecule has 2 aliphatic heterocycles. The molecule has 5 nitrogen and oxygen atoms in total. The van der Waals surface area contributed by atoms with Crippen LogP contribution in [0.3, 0.4) is 0 Å². The molecule has 27 heavy (non-hydrogen) atoms. The quantitative estimate of drug-likeness (QED) is 0.710. The summed E-state index contributed by atoms with van der Waals surface area (Å²) in [5.74, 6) is -0.211. The Labute approximate surface area is 156 Å². The Kier molecular flexibility index (Phi) is 3.37. The first-order valence-corrected chi connectivity index (χ1v) is 8.94. The van der Waals surface area contributed by atoms with Crippen LogP contribution in [0.4, 0.5) is 0 Å². The number of hydrogen-bond acceptors (Lipinski definition) is 3. The van der Waals surface area contributed by atoms with E-state index in [1.165, 1.54) is 0 Å². The maximum Gasteiger partial charge on any atom is 0.274 e. The third kappa shape index (κ3) is 2.02. The number of aromatic nitrogens is 1. The molecule has 0 saturated carbocycles. The zero-order valence-electron chi connectivity index (χ0n) is 14.6. The number of rotatable bonds is 2. The Morgan fingerprint density at radius 2 is 1.63 bits per heavy atom. The minimum atomic E-state index is -0.927. The Morgan fingerprint density at radius 1 is 0.889 bits per heavy atom. The van der Waals surface area contributed by atoms with Gasteiger partial charge >= 0.3 is 0 Å². The maximum absolute atomic E-state index is 13.4. The lowest BCUT2D eigenvalue weighted by Gasteiger charge is -2.40. The van der Waals surface area contributed by atoms with Crippen molar-refractivity contribution in [3.8, 4) is 0 Å². The molecule has 5 rings (SSSR count). The molecular weight excluding hydrogens is 338 g/mol. The molecule has 0 radical (unpaired) electrons. The van der Waals surface area contributed by atoms with Gasteiger partial charge in [0.25, 0.3) is 11.8 Å². The van der Waals surface area contributed by atoms with E-state index in [4.69, 9.17) is 0 Å². The lowest BCUT2D eigenvalue weighted by molar-refractivity contribution is 0.0371. The van der Waals surface area contributed by atoms with Crippen molar-refractivity contribution in [1.82, 2.24) is 14.8 Å². The van der Waals surface area contributed by atoms with E-state index in [0.717, 1.165) is 11.1 Å². The molecule has 0 N–H and O–H groups in total. The minimum absolute atomic E-state index is 0.0363. The zero-order chi connectivity index (χ0) is 18.4. The van der Waals surface area contributed by atoms with Gasteiger partial charge in [0.1, 0.15) is 5.69 Å². The molecule has 2 aliphatic rings. The van der Waals surface area contributed by atoms with Crippen LogP contribution in [0.5, 0.6) is 0 Å². The summed E-state index contributed by atoms with van der Waals surface area (Å²) in [6.45, 7) is 0.950. The Morgan fingerprint density at radius 3 is 2.41 bits per heavy atom. The molecule has 0 bridgehead atoms. The molecule has 0 aliphatic carbocycles. The first kappa shape index (κ1) is 15.8. The summed E-state index contributed by atoms with van der Waals surface area (Å²) in [5.41, 5.74) is 1.86. The first-order valence-electron chi connectivity index (χ1n) is 8.94. The van der Waals surface area contributed by atoms with Crippen molar-refractivity contribution in [3.63, 3.8) is 0 Å². The highest BCUT2D eigenvalue weighted by Crippen LogP contribution is 2.49. The number of hydrogen-bond donors (Lipinski definition) is 0. The zero-order valence-corrected chi connectivity index (χ0v) is 14.6. The number of pyridine rings is 1. The van der Waals surface area contributed by atoms with Crippen molar-refractivity contribution >= 4 is 11.8 Å². The van der Waals surface area contributed by atoms with E-state index >= 15 is 0 Å². The van der Waals surface area contributed by atoms with Gasteiger partial charge in [0.2, 0.25) is 0 Å². The van der Waals surface area contributed by atoms with Crippen LogP contribution in [-0.4, -0.2) is 39.7 Å². The van der Waals surface area contributed by atoms with Gasteiger partial charge < -0.3 is 9.80 Å². The molecule has 5 heteroatoms. The lowest BCUT2D eigenvalue weighted by Crippen LogP contribution is -2.51. The standard InChI is InChI=1S/C22H17N3O2/c26-20-17-10-4-5-11-18(17)22(16-8-2-1-3-9-16)24(20)14-15-25(22)21(27)19-12-6-7-13-23-19/h1-13H,14-15H2. The summed E-state index contributed by atoms with van der Waals surface area (Å²) < 4.78 is 0. The minimum Gasteiger partial charge on any atom is -0.306 e. The van der Waals surface area contributed by atoms with Gasteiger partial charge in [0, 0.05) is 36.0 Å². The smallest absolute Gasteiger partial charge is 0.274 e. The highest BCUT2D eigenvalue weighted by Gasteiger charge is 2.59. The molecule has 1 saturated heterocycles. The number of nitrogens with zero attached hydrogens (tertiary/aromatic N) is 3. The topological polar surface area (TPSA) is 53.5 Å². The third-order valence-electron chi connectivity index (χ3n) is 5.41. The average Bonchev–Trinajstić information content (AvgIpc) is 3.25. The maximum atomic E-state index is 13.4.